The summed E-state index contributed by atoms with van der Waals surface area (Å²) in [5, 5.41) is 11.0. The van der Waals surface area contributed by atoms with E-state index in [1.165, 1.54) is 11.3 Å². The third kappa shape index (κ3) is 2.33. The summed E-state index contributed by atoms with van der Waals surface area (Å²) in [4.78, 5) is 13.9. The predicted molar refractivity (Wildman–Crippen MR) is 86.0 cm³/mol. The van der Waals surface area contributed by atoms with Crippen molar-refractivity contribution in [1.29, 1.82) is 0 Å². The van der Waals surface area contributed by atoms with E-state index >= 15 is 0 Å². The van der Waals surface area contributed by atoms with Gasteiger partial charge in [0.2, 0.25) is 4.96 Å². The number of carbonyl (C=O) groups excluding carboxylic acids is 1. The molecule has 22 heavy (non-hydrogen) atoms. The molecule has 0 aliphatic carbocycles. The fraction of sp³-hybridized carbons (Fsp3) is 0.267. The minimum atomic E-state index is -0.170. The highest BCUT2D eigenvalue weighted by molar-refractivity contribution is 7.19. The topological polar surface area (TPSA) is 68.5 Å². The Kier molecular flexibility index (Phi) is 3.58. The van der Waals surface area contributed by atoms with Gasteiger partial charge in [0.25, 0.3) is 5.91 Å². The van der Waals surface area contributed by atoms with Crippen molar-refractivity contribution in [2.45, 2.75) is 20.8 Å². The number of methoxy groups -OCH3 is 1. The number of thiazole rings is 1. The molecule has 114 valence electrons. The van der Waals surface area contributed by atoms with Crippen LogP contribution < -0.4 is 10.1 Å². The van der Waals surface area contributed by atoms with Gasteiger partial charge in [-0.2, -0.15) is 0 Å². The number of anilines is 1. The molecule has 7 heteroatoms. The van der Waals surface area contributed by atoms with E-state index in [0.29, 0.717) is 16.3 Å². The number of nitrogens with one attached hydrogen (secondary N) is 1. The SMILES string of the molecule is COc1ccc(C)cc1NC(=O)c1sc2nnc(C)n2c1C. The molecule has 0 aliphatic heterocycles. The van der Waals surface area contributed by atoms with Gasteiger partial charge >= 0.3 is 0 Å². The third-order valence-corrected chi connectivity index (χ3v) is 4.59. The van der Waals surface area contributed by atoms with E-state index in [1.54, 1.807) is 7.11 Å². The van der Waals surface area contributed by atoms with Crippen LogP contribution in [0.25, 0.3) is 4.96 Å². The summed E-state index contributed by atoms with van der Waals surface area (Å²) in [7, 11) is 1.58. The summed E-state index contributed by atoms with van der Waals surface area (Å²) in [6.45, 7) is 5.72. The van der Waals surface area contributed by atoms with Crippen LogP contribution in [-0.2, 0) is 0 Å². The Morgan fingerprint density at radius 1 is 1.27 bits per heavy atom. The molecule has 2 heterocycles. The van der Waals surface area contributed by atoms with Crippen molar-refractivity contribution in [3.63, 3.8) is 0 Å². The first-order valence-corrected chi connectivity index (χ1v) is 7.60. The van der Waals surface area contributed by atoms with Crippen LogP contribution in [0.2, 0.25) is 0 Å². The number of amides is 1. The van der Waals surface area contributed by atoms with Gasteiger partial charge in [0.05, 0.1) is 12.8 Å². The molecule has 0 saturated heterocycles. The number of benzene rings is 1. The number of hydrogen-bond donors (Lipinski definition) is 1. The molecule has 1 aromatic carbocycles. The van der Waals surface area contributed by atoms with Crippen molar-refractivity contribution in [3.8, 4) is 5.75 Å². The van der Waals surface area contributed by atoms with Gasteiger partial charge in [-0.15, -0.1) is 10.2 Å². The van der Waals surface area contributed by atoms with Crippen LogP contribution in [0, 0.1) is 20.8 Å². The van der Waals surface area contributed by atoms with Crippen molar-refractivity contribution in [3.05, 3.63) is 40.2 Å². The molecular weight excluding hydrogens is 300 g/mol. The van der Waals surface area contributed by atoms with Crippen LogP contribution in [0.5, 0.6) is 5.75 Å². The molecular formula is C15H16N4O2S. The maximum atomic E-state index is 12.6. The lowest BCUT2D eigenvalue weighted by Gasteiger charge is -2.10. The van der Waals surface area contributed by atoms with E-state index < -0.39 is 0 Å². The zero-order chi connectivity index (χ0) is 15.9. The molecule has 0 unspecified atom stereocenters. The zero-order valence-corrected chi connectivity index (χ0v) is 13.6. The van der Waals surface area contributed by atoms with Crippen LogP contribution in [0.15, 0.2) is 18.2 Å². The highest BCUT2D eigenvalue weighted by atomic mass is 32.1. The molecule has 3 aromatic rings. The molecule has 0 saturated carbocycles. The van der Waals surface area contributed by atoms with Crippen molar-refractivity contribution in [2.24, 2.45) is 0 Å². The number of nitrogens with zero attached hydrogens (tertiary/aromatic N) is 3. The summed E-state index contributed by atoms with van der Waals surface area (Å²) in [6, 6.07) is 5.67. The van der Waals surface area contributed by atoms with Gasteiger partial charge in [0, 0.05) is 5.69 Å². The van der Waals surface area contributed by atoms with E-state index in [4.69, 9.17) is 4.74 Å². The summed E-state index contributed by atoms with van der Waals surface area (Å²) >= 11 is 1.33. The third-order valence-electron chi connectivity index (χ3n) is 3.46. The molecule has 0 fully saturated rings. The number of aryl methyl sites for hydroxylation is 3. The van der Waals surface area contributed by atoms with Gasteiger partial charge in [-0.3, -0.25) is 9.20 Å². The van der Waals surface area contributed by atoms with E-state index in [9.17, 15) is 4.79 Å². The number of carbonyl (C=O) groups is 1. The molecule has 0 aliphatic rings. The molecule has 0 spiro atoms. The van der Waals surface area contributed by atoms with Gasteiger partial charge in [-0.05, 0) is 38.5 Å². The number of rotatable bonds is 3. The van der Waals surface area contributed by atoms with Gasteiger partial charge < -0.3 is 10.1 Å². The number of hydrogen-bond acceptors (Lipinski definition) is 5. The minimum Gasteiger partial charge on any atom is -0.495 e. The van der Waals surface area contributed by atoms with Crippen molar-refractivity contribution >= 4 is 27.9 Å². The number of ether oxygens (including phenoxy) is 1. The van der Waals surface area contributed by atoms with E-state index in [0.717, 1.165) is 22.0 Å². The first-order chi connectivity index (χ1) is 10.5. The first-order valence-electron chi connectivity index (χ1n) is 6.78. The molecule has 1 amide bonds. The fourth-order valence-electron chi connectivity index (χ4n) is 2.37. The van der Waals surface area contributed by atoms with E-state index in [2.05, 4.69) is 15.5 Å². The Morgan fingerprint density at radius 2 is 2.05 bits per heavy atom. The molecule has 0 bridgehead atoms. The molecule has 0 radical (unpaired) electrons. The summed E-state index contributed by atoms with van der Waals surface area (Å²) in [6.07, 6.45) is 0. The summed E-state index contributed by atoms with van der Waals surface area (Å²) < 4.78 is 7.17. The maximum absolute atomic E-state index is 12.6. The Bertz CT molecular complexity index is 866. The Labute approximate surface area is 131 Å². The van der Waals surface area contributed by atoms with Gasteiger partial charge in [-0.1, -0.05) is 17.4 Å². The fourth-order valence-corrected chi connectivity index (χ4v) is 3.38. The second-order valence-electron chi connectivity index (χ2n) is 5.04. The first kappa shape index (κ1) is 14.5. The van der Waals surface area contributed by atoms with Crippen molar-refractivity contribution in [2.75, 3.05) is 12.4 Å². The smallest absolute Gasteiger partial charge is 0.267 e. The van der Waals surface area contributed by atoms with Crippen molar-refractivity contribution < 1.29 is 9.53 Å². The largest absolute Gasteiger partial charge is 0.495 e. The van der Waals surface area contributed by atoms with Gasteiger partial charge in [0.1, 0.15) is 16.5 Å². The monoisotopic (exact) mass is 316 g/mol. The average molecular weight is 316 g/mol. The highest BCUT2D eigenvalue weighted by Gasteiger charge is 2.19. The lowest BCUT2D eigenvalue weighted by Crippen LogP contribution is -2.13. The van der Waals surface area contributed by atoms with Crippen LogP contribution in [-0.4, -0.2) is 27.6 Å². The molecule has 6 nitrogen and oxygen atoms in total. The van der Waals surface area contributed by atoms with Crippen molar-refractivity contribution in [1.82, 2.24) is 14.6 Å². The van der Waals surface area contributed by atoms with Crippen LogP contribution in [0.1, 0.15) is 26.8 Å². The number of fused-ring (bicyclic) bond motifs is 1. The minimum absolute atomic E-state index is 0.170. The van der Waals surface area contributed by atoms with Gasteiger partial charge in [0.15, 0.2) is 0 Å². The van der Waals surface area contributed by atoms with Crippen LogP contribution >= 0.6 is 11.3 Å². The highest BCUT2D eigenvalue weighted by Crippen LogP contribution is 2.28. The second kappa shape index (κ2) is 5.42. The normalized spacial score (nSPS) is 10.9. The molecule has 3 rings (SSSR count). The number of aromatic nitrogens is 3. The predicted octanol–water partition coefficient (Wildman–Crippen LogP) is 2.98. The summed E-state index contributed by atoms with van der Waals surface area (Å²) in [5.41, 5.74) is 2.55. The molecule has 2 aromatic heterocycles. The Hall–Kier alpha value is -2.41. The zero-order valence-electron chi connectivity index (χ0n) is 12.8. The van der Waals surface area contributed by atoms with Crippen LogP contribution in [0.4, 0.5) is 5.69 Å². The standard InChI is InChI=1S/C15H16N4O2S/c1-8-5-6-12(21-4)11(7-8)16-14(20)13-9(2)19-10(3)17-18-15(19)22-13/h5-7H,1-4H3,(H,16,20). The van der Waals surface area contributed by atoms with E-state index in [-0.39, 0.29) is 5.91 Å². The molecule has 0 atom stereocenters. The lowest BCUT2D eigenvalue weighted by molar-refractivity contribution is 0.102. The van der Waals surface area contributed by atoms with Crippen LogP contribution in [0.3, 0.4) is 0 Å². The Morgan fingerprint density at radius 3 is 2.73 bits per heavy atom. The van der Waals surface area contributed by atoms with Gasteiger partial charge in [-0.25, -0.2) is 0 Å². The Balaban J connectivity index is 1.97. The molecule has 1 N–H and O–H groups in total. The lowest BCUT2D eigenvalue weighted by atomic mass is 10.2. The average Bonchev–Trinajstić information content (AvgIpc) is 3.00. The quantitative estimate of drug-likeness (QED) is 0.806. The maximum Gasteiger partial charge on any atom is 0.267 e. The van der Waals surface area contributed by atoms with E-state index in [1.807, 2.05) is 43.4 Å². The second-order valence-corrected chi connectivity index (χ2v) is 6.02. The summed E-state index contributed by atoms with van der Waals surface area (Å²) in [5.74, 6) is 1.24.